The van der Waals surface area contributed by atoms with E-state index >= 15 is 0 Å². The van der Waals surface area contributed by atoms with Gasteiger partial charge in [0.25, 0.3) is 0 Å². The van der Waals surface area contributed by atoms with Gasteiger partial charge in [-0.2, -0.15) is 0 Å². The van der Waals surface area contributed by atoms with Crippen LogP contribution in [0.3, 0.4) is 0 Å². The van der Waals surface area contributed by atoms with Crippen LogP contribution in [0.15, 0.2) is 72.8 Å². The van der Waals surface area contributed by atoms with Crippen LogP contribution in [0.5, 0.6) is 11.5 Å². The zero-order valence-electron chi connectivity index (χ0n) is 16.3. The number of methoxy groups -OCH3 is 1. The fourth-order valence-electron chi connectivity index (χ4n) is 3.19. The van der Waals surface area contributed by atoms with Crippen molar-refractivity contribution in [2.45, 2.75) is 13.2 Å². The highest BCUT2D eigenvalue weighted by Gasteiger charge is 2.15. The number of aromatic nitrogens is 2. The van der Waals surface area contributed by atoms with Crippen LogP contribution in [0.1, 0.15) is 5.82 Å². The molecule has 30 heavy (non-hydrogen) atoms. The van der Waals surface area contributed by atoms with E-state index in [4.69, 9.17) is 21.1 Å². The normalized spacial score (nSPS) is 10.7. The van der Waals surface area contributed by atoms with Gasteiger partial charge in [0.2, 0.25) is 5.91 Å². The van der Waals surface area contributed by atoms with E-state index in [1.807, 2.05) is 65.2 Å². The fraction of sp³-hybridized carbons (Fsp3) is 0.130. The maximum Gasteiger partial charge on any atom is 0.244 e. The number of anilines is 1. The molecule has 1 N–H and O–H groups in total. The van der Waals surface area contributed by atoms with Crippen LogP contribution in [-0.4, -0.2) is 22.6 Å². The second kappa shape index (κ2) is 8.88. The number of benzene rings is 3. The minimum Gasteiger partial charge on any atom is -0.493 e. The Bertz CT molecular complexity index is 1190. The first-order valence-corrected chi connectivity index (χ1v) is 9.78. The summed E-state index contributed by atoms with van der Waals surface area (Å²) in [6.45, 7) is 0.269. The van der Waals surface area contributed by atoms with Gasteiger partial charge in [-0.3, -0.25) is 4.79 Å². The number of ether oxygens (including phenoxy) is 2. The summed E-state index contributed by atoms with van der Waals surface area (Å²) in [5, 5.41) is 3.34. The Balaban J connectivity index is 1.59. The van der Waals surface area contributed by atoms with Gasteiger partial charge in [-0.05, 0) is 36.4 Å². The van der Waals surface area contributed by atoms with Crippen LogP contribution in [0.4, 0.5) is 5.69 Å². The Kier molecular flexibility index (Phi) is 5.86. The molecular weight excluding hydrogens is 402 g/mol. The second-order valence-electron chi connectivity index (χ2n) is 6.57. The number of nitrogens with one attached hydrogen (secondary N) is 1. The van der Waals surface area contributed by atoms with Gasteiger partial charge in [0.05, 0.1) is 28.9 Å². The molecule has 0 radical (unpaired) electrons. The molecule has 0 aliphatic carbocycles. The number of carbonyl (C=O) groups is 1. The van der Waals surface area contributed by atoms with Crippen LogP contribution in [-0.2, 0) is 17.9 Å². The predicted molar refractivity (Wildman–Crippen MR) is 117 cm³/mol. The number of amides is 1. The van der Waals surface area contributed by atoms with E-state index in [1.165, 1.54) is 0 Å². The minimum atomic E-state index is -0.204. The molecule has 7 heteroatoms. The van der Waals surface area contributed by atoms with Gasteiger partial charge in [-0.1, -0.05) is 48.0 Å². The monoisotopic (exact) mass is 421 g/mol. The number of hydrogen-bond acceptors (Lipinski definition) is 4. The molecule has 1 aromatic heterocycles. The number of carbonyl (C=O) groups excluding carboxylic acids is 1. The molecule has 0 bridgehead atoms. The van der Waals surface area contributed by atoms with E-state index in [-0.39, 0.29) is 19.1 Å². The largest absolute Gasteiger partial charge is 0.493 e. The first-order valence-electron chi connectivity index (χ1n) is 9.40. The van der Waals surface area contributed by atoms with Crippen LogP contribution in [0.25, 0.3) is 11.0 Å². The lowest BCUT2D eigenvalue weighted by Crippen LogP contribution is -2.21. The molecule has 4 rings (SSSR count). The summed E-state index contributed by atoms with van der Waals surface area (Å²) in [6, 6.07) is 22.2. The smallest absolute Gasteiger partial charge is 0.244 e. The highest BCUT2D eigenvalue weighted by Crippen LogP contribution is 2.27. The maximum absolute atomic E-state index is 12.7. The molecule has 0 fully saturated rings. The zero-order chi connectivity index (χ0) is 20.9. The average Bonchev–Trinajstić information content (AvgIpc) is 3.11. The lowest BCUT2D eigenvalue weighted by atomic mass is 10.3. The van der Waals surface area contributed by atoms with Gasteiger partial charge in [0.1, 0.15) is 19.0 Å². The Morgan fingerprint density at radius 1 is 1.00 bits per heavy atom. The third-order valence-corrected chi connectivity index (χ3v) is 4.94. The van der Waals surface area contributed by atoms with Crippen LogP contribution in [0.2, 0.25) is 5.02 Å². The number of halogens is 1. The lowest BCUT2D eigenvalue weighted by Gasteiger charge is -2.13. The van der Waals surface area contributed by atoms with Crippen molar-refractivity contribution in [2.75, 3.05) is 12.4 Å². The van der Waals surface area contributed by atoms with Crippen molar-refractivity contribution in [3.63, 3.8) is 0 Å². The van der Waals surface area contributed by atoms with E-state index in [1.54, 1.807) is 19.2 Å². The first-order chi connectivity index (χ1) is 14.7. The minimum absolute atomic E-state index is 0.0797. The molecular formula is C23H20ClN3O3. The maximum atomic E-state index is 12.7. The molecule has 0 spiro atoms. The summed E-state index contributed by atoms with van der Waals surface area (Å²) in [5.74, 6) is 1.68. The van der Waals surface area contributed by atoms with E-state index < -0.39 is 0 Å². The van der Waals surface area contributed by atoms with E-state index in [9.17, 15) is 4.79 Å². The van der Waals surface area contributed by atoms with Crippen molar-refractivity contribution in [3.8, 4) is 11.5 Å². The molecule has 1 heterocycles. The number of rotatable bonds is 7. The Morgan fingerprint density at radius 2 is 1.70 bits per heavy atom. The summed E-state index contributed by atoms with van der Waals surface area (Å²) in [5.41, 5.74) is 2.22. The molecule has 0 unspecified atom stereocenters. The summed E-state index contributed by atoms with van der Waals surface area (Å²) in [7, 11) is 1.59. The van der Waals surface area contributed by atoms with E-state index in [2.05, 4.69) is 10.3 Å². The summed E-state index contributed by atoms with van der Waals surface area (Å²) in [4.78, 5) is 17.4. The van der Waals surface area contributed by atoms with Crippen molar-refractivity contribution in [2.24, 2.45) is 0 Å². The molecule has 0 saturated carbocycles. The molecule has 3 aromatic carbocycles. The summed E-state index contributed by atoms with van der Waals surface area (Å²) < 4.78 is 13.1. The van der Waals surface area contributed by atoms with Crippen molar-refractivity contribution < 1.29 is 14.3 Å². The Labute approximate surface area is 179 Å². The third-order valence-electron chi connectivity index (χ3n) is 4.61. The van der Waals surface area contributed by atoms with E-state index in [0.29, 0.717) is 28.0 Å². The highest BCUT2D eigenvalue weighted by atomic mass is 35.5. The standard InChI is InChI=1S/C23H20ClN3O3/c1-29-20-12-6-7-13-21(20)30-15-22-25-18-10-4-5-11-19(18)27(22)14-23(28)26-17-9-3-2-8-16(17)24/h2-13H,14-15H2,1H3,(H,26,28). The van der Waals surface area contributed by atoms with Gasteiger partial charge in [0, 0.05) is 0 Å². The Hall–Kier alpha value is -3.51. The molecule has 0 aliphatic rings. The SMILES string of the molecule is COc1ccccc1OCc1nc2ccccc2n1CC(=O)Nc1ccccc1Cl. The van der Waals surface area contributed by atoms with Crippen LogP contribution < -0.4 is 14.8 Å². The molecule has 0 aliphatic heterocycles. The van der Waals surface area contributed by atoms with Crippen molar-refractivity contribution in [3.05, 3.63) is 83.6 Å². The van der Waals surface area contributed by atoms with Crippen molar-refractivity contribution in [1.82, 2.24) is 9.55 Å². The number of hydrogen-bond donors (Lipinski definition) is 1. The van der Waals surface area contributed by atoms with Gasteiger partial charge in [-0.25, -0.2) is 4.98 Å². The van der Waals surface area contributed by atoms with Gasteiger partial charge >= 0.3 is 0 Å². The third kappa shape index (κ3) is 4.23. The molecule has 6 nitrogen and oxygen atoms in total. The molecule has 1 amide bonds. The molecule has 152 valence electrons. The first kappa shape index (κ1) is 19.8. The molecule has 0 atom stereocenters. The van der Waals surface area contributed by atoms with Crippen LogP contribution in [0, 0.1) is 0 Å². The second-order valence-corrected chi connectivity index (χ2v) is 6.98. The fourth-order valence-corrected chi connectivity index (χ4v) is 3.37. The number of imidazole rings is 1. The summed E-state index contributed by atoms with van der Waals surface area (Å²) in [6.07, 6.45) is 0. The van der Waals surface area contributed by atoms with Gasteiger partial charge in [-0.15, -0.1) is 0 Å². The van der Waals surface area contributed by atoms with Crippen molar-refractivity contribution in [1.29, 1.82) is 0 Å². The van der Waals surface area contributed by atoms with Crippen molar-refractivity contribution >= 4 is 34.2 Å². The molecule has 4 aromatic rings. The van der Waals surface area contributed by atoms with Crippen LogP contribution >= 0.6 is 11.6 Å². The quantitative estimate of drug-likeness (QED) is 0.460. The number of fused-ring (bicyclic) bond motifs is 1. The predicted octanol–water partition coefficient (Wildman–Crippen LogP) is 4.92. The lowest BCUT2D eigenvalue weighted by molar-refractivity contribution is -0.116. The van der Waals surface area contributed by atoms with Gasteiger partial charge in [0.15, 0.2) is 11.5 Å². The highest BCUT2D eigenvalue weighted by molar-refractivity contribution is 6.33. The van der Waals surface area contributed by atoms with E-state index in [0.717, 1.165) is 11.0 Å². The Morgan fingerprint density at radius 3 is 2.50 bits per heavy atom. The zero-order valence-corrected chi connectivity index (χ0v) is 17.1. The van der Waals surface area contributed by atoms with Gasteiger partial charge < -0.3 is 19.4 Å². The topological polar surface area (TPSA) is 65.4 Å². The molecule has 0 saturated heterocycles. The summed E-state index contributed by atoms with van der Waals surface area (Å²) >= 11 is 6.16. The average molecular weight is 422 g/mol. The number of para-hydroxylation sites is 5. The number of nitrogens with zero attached hydrogens (tertiary/aromatic N) is 2.